The zero-order valence-electron chi connectivity index (χ0n) is 12.5. The molecular weight excluding hydrogens is 345 g/mol. The fourth-order valence-corrected chi connectivity index (χ4v) is 3.08. The summed E-state index contributed by atoms with van der Waals surface area (Å²) in [6, 6.07) is 21.7. The van der Waals surface area contributed by atoms with Crippen LogP contribution >= 0.6 is 23.2 Å². The van der Waals surface area contributed by atoms with Gasteiger partial charge in [0.25, 0.3) is 5.69 Å². The van der Waals surface area contributed by atoms with Crippen LogP contribution < -0.4 is 0 Å². The van der Waals surface area contributed by atoms with Gasteiger partial charge in [-0.3, -0.25) is 10.1 Å². The maximum absolute atomic E-state index is 10.9. The standard InChI is InChI=1S/C19H13Cl2NO2/c20-15-9-5-13(6-10-15)19(17-3-1-2-4-18(17)21)14-7-11-16(12-8-14)22(23)24/h1-12,19H. The van der Waals surface area contributed by atoms with Gasteiger partial charge in [0.05, 0.1) is 4.92 Å². The predicted octanol–water partition coefficient (Wildman–Crippen LogP) is 6.08. The zero-order valence-corrected chi connectivity index (χ0v) is 14.0. The number of halogens is 2. The van der Waals surface area contributed by atoms with Crippen LogP contribution in [0.3, 0.4) is 0 Å². The number of non-ortho nitro benzene ring substituents is 1. The Kier molecular flexibility index (Phi) is 4.84. The summed E-state index contributed by atoms with van der Waals surface area (Å²) in [4.78, 5) is 10.5. The van der Waals surface area contributed by atoms with Gasteiger partial charge in [-0.15, -0.1) is 0 Å². The molecule has 1 atom stereocenters. The van der Waals surface area contributed by atoms with Crippen LogP contribution in [0.25, 0.3) is 0 Å². The molecule has 0 N–H and O–H groups in total. The fraction of sp³-hybridized carbons (Fsp3) is 0.0526. The first-order valence-corrected chi connectivity index (χ1v) is 8.06. The van der Waals surface area contributed by atoms with Crippen molar-refractivity contribution in [2.24, 2.45) is 0 Å². The Labute approximate surface area is 149 Å². The van der Waals surface area contributed by atoms with E-state index in [0.29, 0.717) is 10.0 Å². The number of rotatable bonds is 4. The van der Waals surface area contributed by atoms with Gasteiger partial charge in [-0.2, -0.15) is 0 Å². The minimum Gasteiger partial charge on any atom is -0.258 e. The van der Waals surface area contributed by atoms with Crippen molar-refractivity contribution in [3.05, 3.63) is 110 Å². The van der Waals surface area contributed by atoms with Crippen molar-refractivity contribution < 1.29 is 4.92 Å². The van der Waals surface area contributed by atoms with Gasteiger partial charge >= 0.3 is 0 Å². The van der Waals surface area contributed by atoms with E-state index in [-0.39, 0.29) is 11.6 Å². The molecule has 24 heavy (non-hydrogen) atoms. The summed E-state index contributed by atoms with van der Waals surface area (Å²) in [5, 5.41) is 12.2. The molecule has 120 valence electrons. The number of hydrogen-bond acceptors (Lipinski definition) is 2. The predicted molar refractivity (Wildman–Crippen MR) is 96.9 cm³/mol. The van der Waals surface area contributed by atoms with Crippen LogP contribution in [0.5, 0.6) is 0 Å². The van der Waals surface area contributed by atoms with Crippen LogP contribution in [-0.2, 0) is 0 Å². The molecule has 0 aliphatic carbocycles. The highest BCUT2D eigenvalue weighted by atomic mass is 35.5. The van der Waals surface area contributed by atoms with Crippen LogP contribution in [0.15, 0.2) is 72.8 Å². The van der Waals surface area contributed by atoms with Crippen LogP contribution in [0.4, 0.5) is 5.69 Å². The van der Waals surface area contributed by atoms with Crippen LogP contribution in [0, 0.1) is 10.1 Å². The first-order chi connectivity index (χ1) is 11.6. The average Bonchev–Trinajstić information content (AvgIpc) is 2.59. The summed E-state index contributed by atoms with van der Waals surface area (Å²) in [7, 11) is 0. The third-order valence-electron chi connectivity index (χ3n) is 3.86. The molecule has 0 saturated heterocycles. The maximum atomic E-state index is 10.9. The van der Waals surface area contributed by atoms with Crippen LogP contribution in [-0.4, -0.2) is 4.92 Å². The van der Waals surface area contributed by atoms with Crippen molar-refractivity contribution in [3.8, 4) is 0 Å². The molecule has 3 nitrogen and oxygen atoms in total. The molecule has 0 fully saturated rings. The molecule has 0 heterocycles. The van der Waals surface area contributed by atoms with E-state index in [2.05, 4.69) is 0 Å². The third kappa shape index (κ3) is 3.42. The monoisotopic (exact) mass is 357 g/mol. The minimum absolute atomic E-state index is 0.0627. The second kappa shape index (κ2) is 7.04. The van der Waals surface area contributed by atoms with Crippen molar-refractivity contribution in [1.82, 2.24) is 0 Å². The highest BCUT2D eigenvalue weighted by Gasteiger charge is 2.20. The second-order valence-corrected chi connectivity index (χ2v) is 6.20. The fourth-order valence-electron chi connectivity index (χ4n) is 2.70. The molecule has 0 aliphatic heterocycles. The van der Waals surface area contributed by atoms with E-state index in [4.69, 9.17) is 23.2 Å². The van der Waals surface area contributed by atoms with E-state index in [1.165, 1.54) is 12.1 Å². The summed E-state index contributed by atoms with van der Waals surface area (Å²) in [6.45, 7) is 0. The van der Waals surface area contributed by atoms with Gasteiger partial charge in [-0.05, 0) is 34.9 Å². The Morgan fingerprint density at radius 2 is 1.33 bits per heavy atom. The quantitative estimate of drug-likeness (QED) is 0.322. The lowest BCUT2D eigenvalue weighted by Gasteiger charge is -2.20. The van der Waals surface area contributed by atoms with Gasteiger partial charge in [0.2, 0.25) is 0 Å². The Bertz CT molecular complexity index is 861. The van der Waals surface area contributed by atoms with E-state index in [9.17, 15) is 10.1 Å². The number of nitro benzene ring substituents is 1. The SMILES string of the molecule is O=[N+]([O-])c1ccc(C(c2ccc(Cl)cc2)c2ccccc2Cl)cc1. The first-order valence-electron chi connectivity index (χ1n) is 7.30. The smallest absolute Gasteiger partial charge is 0.258 e. The van der Waals surface area contributed by atoms with Gasteiger partial charge in [-0.1, -0.05) is 65.7 Å². The zero-order chi connectivity index (χ0) is 17.1. The van der Waals surface area contributed by atoms with Gasteiger partial charge < -0.3 is 0 Å². The molecule has 3 aromatic carbocycles. The van der Waals surface area contributed by atoms with E-state index in [0.717, 1.165) is 16.7 Å². The molecule has 0 spiro atoms. The van der Waals surface area contributed by atoms with Crippen molar-refractivity contribution in [1.29, 1.82) is 0 Å². The lowest BCUT2D eigenvalue weighted by atomic mass is 9.85. The van der Waals surface area contributed by atoms with Crippen LogP contribution in [0.2, 0.25) is 10.0 Å². The Morgan fingerprint density at radius 3 is 1.88 bits per heavy atom. The van der Waals surface area contributed by atoms with Gasteiger partial charge in [-0.25, -0.2) is 0 Å². The van der Waals surface area contributed by atoms with Crippen molar-refractivity contribution in [2.45, 2.75) is 5.92 Å². The van der Waals surface area contributed by atoms with Crippen LogP contribution in [0.1, 0.15) is 22.6 Å². The minimum atomic E-state index is -0.406. The van der Waals surface area contributed by atoms with Gasteiger partial charge in [0.15, 0.2) is 0 Å². The lowest BCUT2D eigenvalue weighted by molar-refractivity contribution is -0.384. The van der Waals surface area contributed by atoms with Crippen molar-refractivity contribution in [3.63, 3.8) is 0 Å². The highest BCUT2D eigenvalue weighted by Crippen LogP contribution is 2.36. The molecule has 5 heteroatoms. The number of nitrogens with zero attached hydrogens (tertiary/aromatic N) is 1. The molecule has 0 bridgehead atoms. The topological polar surface area (TPSA) is 43.1 Å². The lowest BCUT2D eigenvalue weighted by Crippen LogP contribution is -2.04. The van der Waals surface area contributed by atoms with E-state index in [1.807, 2.05) is 48.5 Å². The summed E-state index contributed by atoms with van der Waals surface area (Å²) in [5.41, 5.74) is 2.94. The molecule has 3 aromatic rings. The van der Waals surface area contributed by atoms with Gasteiger partial charge in [0, 0.05) is 28.1 Å². The molecular formula is C19H13Cl2NO2. The average molecular weight is 358 g/mol. The molecule has 0 saturated carbocycles. The summed E-state index contributed by atoms with van der Waals surface area (Å²) in [6.07, 6.45) is 0. The summed E-state index contributed by atoms with van der Waals surface area (Å²) < 4.78 is 0. The summed E-state index contributed by atoms with van der Waals surface area (Å²) in [5.74, 6) is -0.128. The molecule has 0 amide bonds. The Hall–Kier alpha value is -2.36. The molecule has 0 radical (unpaired) electrons. The molecule has 0 aromatic heterocycles. The number of hydrogen-bond donors (Lipinski definition) is 0. The molecule has 3 rings (SSSR count). The van der Waals surface area contributed by atoms with E-state index in [1.54, 1.807) is 12.1 Å². The summed E-state index contributed by atoms with van der Waals surface area (Å²) >= 11 is 12.4. The Balaban J connectivity index is 2.13. The molecule has 1 unspecified atom stereocenters. The Morgan fingerprint density at radius 1 is 0.792 bits per heavy atom. The third-order valence-corrected chi connectivity index (χ3v) is 4.45. The second-order valence-electron chi connectivity index (χ2n) is 5.35. The molecule has 0 aliphatic rings. The largest absolute Gasteiger partial charge is 0.269 e. The number of nitro groups is 1. The van der Waals surface area contributed by atoms with Crippen molar-refractivity contribution >= 4 is 28.9 Å². The highest BCUT2D eigenvalue weighted by molar-refractivity contribution is 6.31. The normalized spacial score (nSPS) is 11.9. The first kappa shape index (κ1) is 16.5. The maximum Gasteiger partial charge on any atom is 0.269 e. The van der Waals surface area contributed by atoms with E-state index < -0.39 is 4.92 Å². The van der Waals surface area contributed by atoms with Gasteiger partial charge in [0.1, 0.15) is 0 Å². The van der Waals surface area contributed by atoms with Crippen molar-refractivity contribution in [2.75, 3.05) is 0 Å². The van der Waals surface area contributed by atoms with E-state index >= 15 is 0 Å². The number of benzene rings is 3.